The normalized spacial score (nSPS) is 26.8. The Labute approximate surface area is 187 Å². The summed E-state index contributed by atoms with van der Waals surface area (Å²) >= 11 is 0. The maximum Gasteiger partial charge on any atom is 0.188 e. The lowest BCUT2D eigenvalue weighted by molar-refractivity contribution is 0.156. The van der Waals surface area contributed by atoms with Gasteiger partial charge in [0.05, 0.1) is 19.4 Å². The monoisotopic (exact) mass is 441 g/mol. The highest BCUT2D eigenvalue weighted by Gasteiger charge is 2.49. The van der Waals surface area contributed by atoms with Crippen LogP contribution in [0.2, 0.25) is 0 Å². The van der Waals surface area contributed by atoms with Crippen molar-refractivity contribution in [2.75, 3.05) is 27.4 Å². The number of hydrogen-bond acceptors (Lipinski definition) is 6. The zero-order valence-corrected chi connectivity index (χ0v) is 19.1. The number of ether oxygens (including phenoxy) is 4. The van der Waals surface area contributed by atoms with E-state index in [1.807, 2.05) is 12.3 Å². The third kappa shape index (κ3) is 3.43. The fourth-order valence-corrected chi connectivity index (χ4v) is 5.59. The van der Waals surface area contributed by atoms with Crippen molar-refractivity contribution >= 4 is 0 Å². The highest BCUT2D eigenvalue weighted by molar-refractivity contribution is 5.72. The van der Waals surface area contributed by atoms with Gasteiger partial charge < -0.3 is 28.6 Å². The van der Waals surface area contributed by atoms with Gasteiger partial charge >= 0.3 is 0 Å². The van der Waals surface area contributed by atoms with Crippen LogP contribution in [0.4, 0.5) is 0 Å². The second-order valence-electron chi connectivity index (χ2n) is 9.70. The fraction of sp³-hybridized carbons (Fsp3) is 0.560. The van der Waals surface area contributed by atoms with Crippen LogP contribution in [0.5, 0.6) is 11.5 Å². The summed E-state index contributed by atoms with van der Waals surface area (Å²) < 4.78 is 24.3. The third-order valence-electron chi connectivity index (χ3n) is 7.23. The van der Waals surface area contributed by atoms with E-state index in [0.29, 0.717) is 30.4 Å². The highest BCUT2D eigenvalue weighted by Crippen LogP contribution is 2.60. The van der Waals surface area contributed by atoms with Gasteiger partial charge in [0.25, 0.3) is 0 Å². The van der Waals surface area contributed by atoms with Gasteiger partial charge in [-0.15, -0.1) is 0 Å². The van der Waals surface area contributed by atoms with Crippen LogP contribution >= 0.6 is 0 Å². The summed E-state index contributed by atoms with van der Waals surface area (Å²) in [5.74, 6) is 1.69. The maximum absolute atomic E-state index is 12.9. The molecule has 2 unspecified atom stereocenters. The minimum Gasteiger partial charge on any atom is -0.493 e. The smallest absolute Gasteiger partial charge is 0.188 e. The summed E-state index contributed by atoms with van der Waals surface area (Å²) in [6, 6.07) is 5.99. The number of methoxy groups -OCH3 is 2. The first-order valence-corrected chi connectivity index (χ1v) is 11.3. The molecule has 3 heterocycles. The van der Waals surface area contributed by atoms with Crippen molar-refractivity contribution in [2.24, 2.45) is 5.41 Å². The molecule has 0 amide bonds. The molecule has 0 spiro atoms. The predicted octanol–water partition coefficient (Wildman–Crippen LogP) is 3.79. The third-order valence-corrected chi connectivity index (χ3v) is 7.23. The van der Waals surface area contributed by atoms with Crippen molar-refractivity contribution in [1.29, 1.82) is 0 Å². The van der Waals surface area contributed by atoms with Crippen molar-refractivity contribution in [3.63, 3.8) is 0 Å². The van der Waals surface area contributed by atoms with Crippen molar-refractivity contribution in [1.82, 2.24) is 4.57 Å². The number of aliphatic hydroxyl groups excluding tert-OH is 1. The van der Waals surface area contributed by atoms with Crippen molar-refractivity contribution in [3.8, 4) is 22.8 Å². The van der Waals surface area contributed by atoms with Gasteiger partial charge in [-0.05, 0) is 36.0 Å². The first-order valence-electron chi connectivity index (χ1n) is 11.3. The Hall–Kier alpha value is -2.35. The molecule has 4 atom stereocenters. The molecule has 2 aliphatic heterocycles. The number of nitrogens with zero attached hydrogens (tertiary/aromatic N) is 1. The van der Waals surface area contributed by atoms with Gasteiger partial charge in [-0.2, -0.15) is 0 Å². The molecule has 1 N–H and O–H groups in total. The second-order valence-corrected chi connectivity index (χ2v) is 9.70. The quantitative estimate of drug-likeness (QED) is 0.520. The molecule has 7 heteroatoms. The highest BCUT2D eigenvalue weighted by atomic mass is 16.7. The number of hydrogen-bond donors (Lipinski definition) is 1. The maximum atomic E-state index is 12.9. The van der Waals surface area contributed by atoms with Crippen molar-refractivity contribution in [2.45, 2.75) is 57.5 Å². The van der Waals surface area contributed by atoms with E-state index in [2.05, 4.69) is 24.5 Å². The van der Waals surface area contributed by atoms with Gasteiger partial charge in [0.15, 0.2) is 23.2 Å². The molecule has 1 saturated carbocycles. The van der Waals surface area contributed by atoms with E-state index < -0.39 is 12.4 Å². The summed E-state index contributed by atoms with van der Waals surface area (Å²) in [5.41, 5.74) is 3.56. The second kappa shape index (κ2) is 7.90. The SMILES string of the molecule is COCCCOc1cc2c(cc1OC)-c1cc(=O)c(C3OC3O)cn1[C@H]1[C@H]2CCC1(C)C. The Balaban J connectivity index is 1.64. The first kappa shape index (κ1) is 21.5. The number of rotatable bonds is 7. The number of aromatic nitrogens is 1. The number of epoxide rings is 1. The molecule has 1 aliphatic carbocycles. The molecular formula is C25H31NO6. The number of pyridine rings is 1. The summed E-state index contributed by atoms with van der Waals surface area (Å²) in [6.07, 6.45) is 3.44. The topological polar surface area (TPSA) is 82.5 Å². The summed E-state index contributed by atoms with van der Waals surface area (Å²) in [4.78, 5) is 12.9. The standard InChI is InChI=1S/C25H31NO6/c1-25(2)7-6-14-15-10-21(31-9-5-8-29-3)20(30-4)11-16(15)18-12-19(27)17(22-24(28)32-22)13-26(18)23(14)25/h10-14,22-24,28H,5-9H2,1-4H3/t14-,22?,23-,24?/m0/s1. The fourth-order valence-electron chi connectivity index (χ4n) is 5.59. The summed E-state index contributed by atoms with van der Waals surface area (Å²) in [5, 5.41) is 9.75. The van der Waals surface area contributed by atoms with Gasteiger partial charge in [-0.1, -0.05) is 13.8 Å². The van der Waals surface area contributed by atoms with E-state index in [1.54, 1.807) is 20.3 Å². The van der Waals surface area contributed by atoms with E-state index >= 15 is 0 Å². The zero-order valence-electron chi connectivity index (χ0n) is 19.1. The molecular weight excluding hydrogens is 410 g/mol. The van der Waals surface area contributed by atoms with Gasteiger partial charge in [0.2, 0.25) is 0 Å². The molecule has 1 saturated heterocycles. The Morgan fingerprint density at radius 3 is 2.62 bits per heavy atom. The van der Waals surface area contributed by atoms with E-state index in [-0.39, 0.29) is 16.9 Å². The van der Waals surface area contributed by atoms with Gasteiger partial charge in [0.1, 0.15) is 6.10 Å². The molecule has 0 radical (unpaired) electrons. The Morgan fingerprint density at radius 2 is 1.94 bits per heavy atom. The average molecular weight is 442 g/mol. The number of fused-ring (bicyclic) bond motifs is 6. The van der Waals surface area contributed by atoms with Crippen LogP contribution in [0.1, 0.15) is 62.3 Å². The van der Waals surface area contributed by atoms with Crippen LogP contribution in [0.25, 0.3) is 11.3 Å². The average Bonchev–Trinajstić information content (AvgIpc) is 3.40. The summed E-state index contributed by atoms with van der Waals surface area (Å²) in [6.45, 7) is 5.77. The lowest BCUT2D eigenvalue weighted by atomic mass is 9.77. The van der Waals surface area contributed by atoms with Crippen LogP contribution in [0, 0.1) is 5.41 Å². The number of aliphatic hydroxyl groups is 1. The molecule has 172 valence electrons. The van der Waals surface area contributed by atoms with E-state index in [0.717, 1.165) is 36.3 Å². The van der Waals surface area contributed by atoms with Crippen LogP contribution in [0.3, 0.4) is 0 Å². The van der Waals surface area contributed by atoms with Crippen LogP contribution in [0.15, 0.2) is 29.2 Å². The molecule has 0 bridgehead atoms. The molecule has 3 aliphatic rings. The minimum atomic E-state index is -0.887. The minimum absolute atomic E-state index is 0.0614. The zero-order chi connectivity index (χ0) is 22.6. The lowest BCUT2D eigenvalue weighted by Crippen LogP contribution is -2.31. The predicted molar refractivity (Wildman–Crippen MR) is 119 cm³/mol. The van der Waals surface area contributed by atoms with E-state index in [1.165, 1.54) is 5.56 Å². The first-order chi connectivity index (χ1) is 15.4. The van der Waals surface area contributed by atoms with Crippen molar-refractivity contribution in [3.05, 3.63) is 45.7 Å². The molecule has 5 rings (SSSR count). The molecule has 1 aromatic carbocycles. The number of benzene rings is 1. The van der Waals surface area contributed by atoms with E-state index in [4.69, 9.17) is 18.9 Å². The molecule has 7 nitrogen and oxygen atoms in total. The van der Waals surface area contributed by atoms with Gasteiger partial charge in [-0.3, -0.25) is 4.79 Å². The lowest BCUT2D eigenvalue weighted by Gasteiger charge is -2.40. The Kier molecular flexibility index (Phi) is 5.31. The molecule has 2 aromatic rings. The molecule has 1 aromatic heterocycles. The Morgan fingerprint density at radius 1 is 1.16 bits per heavy atom. The summed E-state index contributed by atoms with van der Waals surface area (Å²) in [7, 11) is 3.32. The van der Waals surface area contributed by atoms with Gasteiger partial charge in [-0.25, -0.2) is 0 Å². The largest absolute Gasteiger partial charge is 0.493 e. The molecule has 32 heavy (non-hydrogen) atoms. The van der Waals surface area contributed by atoms with E-state index in [9.17, 15) is 9.90 Å². The van der Waals surface area contributed by atoms with Crippen LogP contribution < -0.4 is 14.9 Å². The van der Waals surface area contributed by atoms with Crippen LogP contribution in [-0.2, 0) is 9.47 Å². The molecule has 2 fully saturated rings. The Bertz CT molecular complexity index is 1090. The van der Waals surface area contributed by atoms with Crippen LogP contribution in [-0.4, -0.2) is 43.4 Å². The van der Waals surface area contributed by atoms with Gasteiger partial charge in [0, 0.05) is 55.5 Å². The van der Waals surface area contributed by atoms with Crippen molar-refractivity contribution < 1.29 is 24.1 Å².